The smallest absolute Gasteiger partial charge is 0.411 e. The van der Waals surface area contributed by atoms with E-state index in [-0.39, 0.29) is 26.1 Å². The maximum Gasteiger partial charge on any atom is 0.411 e. The first-order valence-electron chi connectivity index (χ1n) is 6.80. The van der Waals surface area contributed by atoms with Gasteiger partial charge in [-0.05, 0) is 26.7 Å². The van der Waals surface area contributed by atoms with Gasteiger partial charge in [-0.15, -0.1) is 0 Å². The standard InChI is InChI=1S/C13H19F3O5/c1-3-19-11(17)9-5-8(21-7-13(14,15)16)6-10(9)12(18)20-4-2/h8-10H,3-7H2,1-2H3/t9-,10-/m1/s1. The number of hydrogen-bond donors (Lipinski definition) is 0. The highest BCUT2D eigenvalue weighted by molar-refractivity contribution is 5.82. The maximum atomic E-state index is 12.2. The molecule has 0 heterocycles. The van der Waals surface area contributed by atoms with Crippen LogP contribution in [0.15, 0.2) is 0 Å². The minimum Gasteiger partial charge on any atom is -0.466 e. The van der Waals surface area contributed by atoms with Crippen molar-refractivity contribution in [1.29, 1.82) is 0 Å². The van der Waals surface area contributed by atoms with Crippen molar-refractivity contribution in [3.63, 3.8) is 0 Å². The molecular formula is C13H19F3O5. The highest BCUT2D eigenvalue weighted by Gasteiger charge is 2.45. The molecule has 1 fully saturated rings. The average Bonchev–Trinajstić information content (AvgIpc) is 2.80. The lowest BCUT2D eigenvalue weighted by Gasteiger charge is -2.15. The zero-order valence-corrected chi connectivity index (χ0v) is 11.9. The minimum absolute atomic E-state index is 0.0262. The molecule has 0 bridgehead atoms. The quantitative estimate of drug-likeness (QED) is 0.703. The third-order valence-corrected chi connectivity index (χ3v) is 3.18. The number of carbonyl (C=O) groups excluding carboxylic acids is 2. The van der Waals surface area contributed by atoms with E-state index < -0.39 is 42.7 Å². The minimum atomic E-state index is -4.44. The van der Waals surface area contributed by atoms with E-state index in [4.69, 9.17) is 14.2 Å². The number of halogens is 3. The lowest BCUT2D eigenvalue weighted by atomic mass is 9.96. The van der Waals surface area contributed by atoms with Gasteiger partial charge in [-0.2, -0.15) is 13.2 Å². The first-order valence-corrected chi connectivity index (χ1v) is 6.80. The van der Waals surface area contributed by atoms with Crippen LogP contribution < -0.4 is 0 Å². The second kappa shape index (κ2) is 7.63. The number of alkyl halides is 3. The average molecular weight is 312 g/mol. The van der Waals surface area contributed by atoms with Crippen molar-refractivity contribution in [3.05, 3.63) is 0 Å². The summed E-state index contributed by atoms with van der Waals surface area (Å²) in [5, 5.41) is 0. The van der Waals surface area contributed by atoms with Gasteiger partial charge in [0.15, 0.2) is 0 Å². The van der Waals surface area contributed by atoms with Crippen molar-refractivity contribution in [2.75, 3.05) is 19.8 Å². The number of esters is 2. The first kappa shape index (κ1) is 17.7. The zero-order valence-electron chi connectivity index (χ0n) is 11.9. The Morgan fingerprint density at radius 1 is 1.00 bits per heavy atom. The van der Waals surface area contributed by atoms with E-state index in [0.29, 0.717) is 0 Å². The largest absolute Gasteiger partial charge is 0.466 e. The molecule has 0 aromatic rings. The summed E-state index contributed by atoms with van der Waals surface area (Å²) in [5.41, 5.74) is 0. The van der Waals surface area contributed by atoms with Gasteiger partial charge < -0.3 is 14.2 Å². The molecule has 21 heavy (non-hydrogen) atoms. The van der Waals surface area contributed by atoms with Gasteiger partial charge in [0, 0.05) is 0 Å². The summed E-state index contributed by atoms with van der Waals surface area (Å²) in [6, 6.07) is 0. The summed E-state index contributed by atoms with van der Waals surface area (Å²) in [6.07, 6.45) is -5.20. The SMILES string of the molecule is CCOC(=O)[C@@H]1CC(OCC(F)(F)F)C[C@H]1C(=O)OCC. The fourth-order valence-corrected chi connectivity index (χ4v) is 2.36. The Hall–Kier alpha value is -1.31. The van der Waals surface area contributed by atoms with E-state index in [1.54, 1.807) is 13.8 Å². The molecule has 0 N–H and O–H groups in total. The maximum absolute atomic E-state index is 12.2. The van der Waals surface area contributed by atoms with Gasteiger partial charge in [0.1, 0.15) is 6.61 Å². The molecule has 1 aliphatic carbocycles. The van der Waals surface area contributed by atoms with Crippen LogP contribution >= 0.6 is 0 Å². The van der Waals surface area contributed by atoms with Gasteiger partial charge in [-0.25, -0.2) is 0 Å². The van der Waals surface area contributed by atoms with Crippen molar-refractivity contribution >= 4 is 11.9 Å². The molecule has 5 nitrogen and oxygen atoms in total. The van der Waals surface area contributed by atoms with Crippen LogP contribution in [-0.4, -0.2) is 44.0 Å². The third-order valence-electron chi connectivity index (χ3n) is 3.18. The molecule has 0 spiro atoms. The van der Waals surface area contributed by atoms with Gasteiger partial charge in [0.25, 0.3) is 0 Å². The first-order chi connectivity index (χ1) is 9.78. The summed E-state index contributed by atoms with van der Waals surface area (Å²) < 4.78 is 50.9. The van der Waals surface area contributed by atoms with Crippen molar-refractivity contribution in [1.82, 2.24) is 0 Å². The molecule has 0 amide bonds. The summed E-state index contributed by atoms with van der Waals surface area (Å²) >= 11 is 0. The Bertz CT molecular complexity index is 343. The van der Waals surface area contributed by atoms with Crippen LogP contribution in [-0.2, 0) is 23.8 Å². The molecule has 0 unspecified atom stereocenters. The number of ether oxygens (including phenoxy) is 3. The van der Waals surface area contributed by atoms with Crippen molar-refractivity contribution in [2.24, 2.45) is 11.8 Å². The van der Waals surface area contributed by atoms with Gasteiger partial charge >= 0.3 is 18.1 Å². The molecule has 0 radical (unpaired) electrons. The van der Waals surface area contributed by atoms with E-state index in [2.05, 4.69) is 0 Å². The predicted molar refractivity (Wildman–Crippen MR) is 65.3 cm³/mol. The van der Waals surface area contributed by atoms with E-state index in [9.17, 15) is 22.8 Å². The Labute approximate surface area is 120 Å². The molecule has 0 saturated heterocycles. The van der Waals surface area contributed by atoms with Crippen LogP contribution in [0.3, 0.4) is 0 Å². The van der Waals surface area contributed by atoms with E-state index in [1.807, 2.05) is 0 Å². The molecule has 8 heteroatoms. The Balaban J connectivity index is 2.69. The molecular weight excluding hydrogens is 293 g/mol. The number of rotatable bonds is 6. The molecule has 0 aromatic heterocycles. The van der Waals surface area contributed by atoms with Gasteiger partial charge in [0.05, 0.1) is 31.2 Å². The highest BCUT2D eigenvalue weighted by Crippen LogP contribution is 2.36. The van der Waals surface area contributed by atoms with Crippen LogP contribution in [0.1, 0.15) is 26.7 Å². The second-order valence-electron chi connectivity index (χ2n) is 4.74. The van der Waals surface area contributed by atoms with Crippen LogP contribution in [0.2, 0.25) is 0 Å². The molecule has 1 rings (SSSR count). The van der Waals surface area contributed by atoms with Gasteiger partial charge in [-0.1, -0.05) is 0 Å². The van der Waals surface area contributed by atoms with Crippen molar-refractivity contribution in [3.8, 4) is 0 Å². The lowest BCUT2D eigenvalue weighted by Crippen LogP contribution is -2.28. The monoisotopic (exact) mass is 312 g/mol. The fourth-order valence-electron chi connectivity index (χ4n) is 2.36. The van der Waals surface area contributed by atoms with Crippen LogP contribution in [0.5, 0.6) is 0 Å². The normalized spacial score (nSPS) is 23.1. The molecule has 0 aromatic carbocycles. The van der Waals surface area contributed by atoms with E-state index >= 15 is 0 Å². The summed E-state index contributed by atoms with van der Waals surface area (Å²) in [5.74, 6) is -2.84. The molecule has 1 aliphatic rings. The Morgan fingerprint density at radius 3 is 1.76 bits per heavy atom. The predicted octanol–water partition coefficient (Wildman–Crippen LogP) is 2.09. The fraction of sp³-hybridized carbons (Fsp3) is 0.846. The molecule has 122 valence electrons. The Morgan fingerprint density at radius 2 is 1.43 bits per heavy atom. The second-order valence-corrected chi connectivity index (χ2v) is 4.74. The lowest BCUT2D eigenvalue weighted by molar-refractivity contribution is -0.185. The van der Waals surface area contributed by atoms with Gasteiger partial charge in [0.2, 0.25) is 0 Å². The van der Waals surface area contributed by atoms with Crippen molar-refractivity contribution < 1.29 is 37.0 Å². The molecule has 2 atom stereocenters. The molecule has 0 aliphatic heterocycles. The van der Waals surface area contributed by atoms with Crippen LogP contribution in [0.4, 0.5) is 13.2 Å². The van der Waals surface area contributed by atoms with Gasteiger partial charge in [-0.3, -0.25) is 9.59 Å². The summed E-state index contributed by atoms with van der Waals surface area (Å²) in [7, 11) is 0. The van der Waals surface area contributed by atoms with Crippen LogP contribution in [0, 0.1) is 11.8 Å². The summed E-state index contributed by atoms with van der Waals surface area (Å²) in [4.78, 5) is 23.6. The van der Waals surface area contributed by atoms with Crippen molar-refractivity contribution in [2.45, 2.75) is 39.0 Å². The van der Waals surface area contributed by atoms with Crippen LogP contribution in [0.25, 0.3) is 0 Å². The zero-order chi connectivity index (χ0) is 16.0. The summed E-state index contributed by atoms with van der Waals surface area (Å²) in [6.45, 7) is 2.11. The topological polar surface area (TPSA) is 61.8 Å². The number of carbonyl (C=O) groups is 2. The molecule has 1 saturated carbocycles. The Kier molecular flexibility index (Phi) is 6.44. The van der Waals surface area contributed by atoms with E-state index in [1.165, 1.54) is 0 Å². The highest BCUT2D eigenvalue weighted by atomic mass is 19.4. The number of hydrogen-bond acceptors (Lipinski definition) is 5. The third kappa shape index (κ3) is 5.53. The van der Waals surface area contributed by atoms with E-state index in [0.717, 1.165) is 0 Å².